The Balaban J connectivity index is 0.907. The Morgan fingerprint density at radius 2 is 0.899 bits per heavy atom. The number of hydrogen-bond acceptors (Lipinski definition) is 17. The Labute approximate surface area is 417 Å². The van der Waals surface area contributed by atoms with Gasteiger partial charge in [0, 0.05) is 27.5 Å². The van der Waals surface area contributed by atoms with E-state index in [0.717, 1.165) is 27.2 Å². The van der Waals surface area contributed by atoms with Crippen molar-refractivity contribution in [2.24, 2.45) is 0 Å². The van der Waals surface area contributed by atoms with Crippen LogP contribution in [0, 0.1) is 0 Å². The van der Waals surface area contributed by atoms with Gasteiger partial charge in [-0.05, 0) is 35.4 Å². The predicted molar refractivity (Wildman–Crippen MR) is 256 cm³/mol. The van der Waals surface area contributed by atoms with Gasteiger partial charge in [-0.25, -0.2) is 4.79 Å². The zero-order chi connectivity index (χ0) is 48.5. The molecule has 0 aliphatic carbocycles. The molecule has 2 aliphatic rings. The van der Waals surface area contributed by atoms with Crippen LogP contribution in [0.15, 0.2) is 66.7 Å². The van der Waals surface area contributed by atoms with Crippen molar-refractivity contribution >= 4 is 66.4 Å². The molecule has 2 amide bonds. The average molecular weight is 1090 g/mol. The number of amides is 2. The van der Waals surface area contributed by atoms with Crippen LogP contribution in [-0.2, 0) is 58.1 Å². The molecule has 0 atom stereocenters. The van der Waals surface area contributed by atoms with Crippen molar-refractivity contribution in [3.05, 3.63) is 94.5 Å². The lowest BCUT2D eigenvalue weighted by atomic mass is 9.99. The maximum Gasteiger partial charge on any atom is 0.338 e. The largest absolute Gasteiger partial charge is 0.491 e. The number of carbonyl (C=O) groups is 4. The first-order valence-corrected chi connectivity index (χ1v) is 24.8. The van der Waals surface area contributed by atoms with Crippen LogP contribution in [0.25, 0.3) is 10.8 Å². The van der Waals surface area contributed by atoms with Gasteiger partial charge in [0.2, 0.25) is 0 Å². The Hall–Kier alpha value is -4.90. The number of carbonyl (C=O) groups excluding carboxylic acids is 4. The number of benzene rings is 4. The van der Waals surface area contributed by atoms with Crippen molar-refractivity contribution in [1.29, 1.82) is 0 Å². The van der Waals surface area contributed by atoms with E-state index in [-0.39, 0.29) is 69.5 Å². The third kappa shape index (κ3) is 16.9. The third-order valence-corrected chi connectivity index (χ3v) is 11.4. The van der Waals surface area contributed by atoms with Gasteiger partial charge in [-0.3, -0.25) is 19.3 Å². The summed E-state index contributed by atoms with van der Waals surface area (Å²) in [7, 11) is 0. The van der Waals surface area contributed by atoms with Gasteiger partial charge in [0.1, 0.15) is 69.2 Å². The first-order valence-electron chi connectivity index (χ1n) is 22.6. The highest BCUT2D eigenvalue weighted by Gasteiger charge is 2.40. The van der Waals surface area contributed by atoms with E-state index in [0.29, 0.717) is 113 Å². The molecular weight excluding hydrogens is 1030 g/mol. The van der Waals surface area contributed by atoms with Gasteiger partial charge in [0.15, 0.2) is 0 Å². The lowest BCUT2D eigenvalue weighted by molar-refractivity contribution is -0.145. The molecule has 18 nitrogen and oxygen atoms in total. The smallest absolute Gasteiger partial charge is 0.338 e. The van der Waals surface area contributed by atoms with E-state index in [9.17, 15) is 19.2 Å². The minimum atomic E-state index is -0.768. The summed E-state index contributed by atoms with van der Waals surface area (Å²) in [5, 5.41) is 2.64. The standard InChI is InChI=1S/C49H57Br2NO17/c50-32-35-7-8-36(33-51)46-45(35)47(54)52(48(46)55)34-44(53)68-27-21-63-22-28-69-49(56)37-29-38-31-39(30-37)65-24-18-60-14-10-58-12-16-62-20-26-67-43-6-2-4-41-40(43)3-1-5-42(41)66-25-19-61-15-11-57-9-13-59-17-23-64-38/h1-8,29-31H,9-28,32-34H2. The highest BCUT2D eigenvalue weighted by molar-refractivity contribution is 9.08. The molecule has 0 saturated carbocycles. The molecule has 0 N–H and O–H groups in total. The highest BCUT2D eigenvalue weighted by Crippen LogP contribution is 2.33. The molecular formula is C49H57Br2NO17. The summed E-state index contributed by atoms with van der Waals surface area (Å²) in [6.07, 6.45) is 0. The minimum absolute atomic E-state index is 0.00458. The molecule has 2 aliphatic heterocycles. The van der Waals surface area contributed by atoms with Gasteiger partial charge in [0.25, 0.3) is 11.8 Å². The number of ether oxygens (including phenoxy) is 13. The topological polar surface area (TPSA) is 192 Å². The van der Waals surface area contributed by atoms with Crippen LogP contribution in [-0.4, -0.2) is 167 Å². The van der Waals surface area contributed by atoms with E-state index in [1.54, 1.807) is 18.2 Å². The molecule has 2 heterocycles. The Bertz CT molecular complexity index is 2150. The fourth-order valence-electron chi connectivity index (χ4n) is 6.98. The van der Waals surface area contributed by atoms with Crippen LogP contribution < -0.4 is 18.9 Å². The van der Waals surface area contributed by atoms with Crippen LogP contribution in [0.5, 0.6) is 23.0 Å². The number of nitrogens with zero attached hydrogens (tertiary/aromatic N) is 1. The second-order valence-electron chi connectivity index (χ2n) is 14.9. The second kappa shape index (κ2) is 30.0. The zero-order valence-electron chi connectivity index (χ0n) is 38.3. The van der Waals surface area contributed by atoms with E-state index < -0.39 is 30.3 Å². The van der Waals surface area contributed by atoms with E-state index >= 15 is 0 Å². The number of esters is 2. The highest BCUT2D eigenvalue weighted by atomic mass is 79.9. The van der Waals surface area contributed by atoms with E-state index in [1.165, 1.54) is 12.1 Å². The summed E-state index contributed by atoms with van der Waals surface area (Å²) in [6.45, 7) is 4.63. The maximum absolute atomic E-state index is 13.1. The van der Waals surface area contributed by atoms with Crippen LogP contribution >= 0.6 is 31.9 Å². The molecule has 4 aromatic rings. The third-order valence-electron chi connectivity index (χ3n) is 10.2. The summed E-state index contributed by atoms with van der Waals surface area (Å²) < 4.78 is 74.0. The van der Waals surface area contributed by atoms with E-state index in [4.69, 9.17) is 61.6 Å². The fraction of sp³-hybridized carbons (Fsp3) is 0.469. The van der Waals surface area contributed by atoms with Crippen molar-refractivity contribution in [1.82, 2.24) is 4.90 Å². The van der Waals surface area contributed by atoms with Gasteiger partial charge in [-0.15, -0.1) is 0 Å². The number of rotatable bonds is 11. The molecule has 0 aromatic heterocycles. The molecule has 6 rings (SSSR count). The van der Waals surface area contributed by atoms with Gasteiger partial charge >= 0.3 is 11.9 Å². The zero-order valence-corrected chi connectivity index (χ0v) is 41.4. The van der Waals surface area contributed by atoms with Gasteiger partial charge < -0.3 is 61.6 Å². The van der Waals surface area contributed by atoms with E-state index in [1.807, 2.05) is 36.4 Å². The number of halogens is 2. The SMILES string of the molecule is O=C(CN1C(=O)c2c(CBr)ccc(CBr)c2C1=O)OCCOCCOC(=O)c1cc2cc(c1)OCCOCCOCCOCCOc1cccc3c(cccc13)OCCOCCOCCOCCO2. The Kier molecular flexibility index (Phi) is 23.2. The summed E-state index contributed by atoms with van der Waals surface area (Å²) >= 11 is 6.71. The quantitative estimate of drug-likeness (QED) is 0.0738. The molecule has 0 spiro atoms. The van der Waals surface area contributed by atoms with Gasteiger partial charge in [0.05, 0.1) is 109 Å². The van der Waals surface area contributed by atoms with Crippen LogP contribution in [0.1, 0.15) is 42.2 Å². The summed E-state index contributed by atoms with van der Waals surface area (Å²) in [5.41, 5.74) is 2.06. The summed E-state index contributed by atoms with van der Waals surface area (Å²) in [6, 6.07) is 20.0. The fourth-order valence-corrected chi connectivity index (χ4v) is 7.91. The maximum atomic E-state index is 13.1. The molecule has 4 aromatic carbocycles. The molecule has 20 heteroatoms. The van der Waals surface area contributed by atoms with Crippen LogP contribution in [0.4, 0.5) is 0 Å². The lowest BCUT2D eigenvalue weighted by Gasteiger charge is -2.14. The molecule has 69 heavy (non-hydrogen) atoms. The van der Waals surface area contributed by atoms with Crippen molar-refractivity contribution < 1.29 is 80.8 Å². The molecule has 6 bridgehead atoms. The number of fused-ring (bicyclic) bond motifs is 3. The van der Waals surface area contributed by atoms with Crippen LogP contribution in [0.3, 0.4) is 0 Å². The normalized spacial score (nSPS) is 16.6. The predicted octanol–water partition coefficient (Wildman–Crippen LogP) is 5.97. The first-order chi connectivity index (χ1) is 33.9. The van der Waals surface area contributed by atoms with Gasteiger partial charge in [-0.1, -0.05) is 68.3 Å². The number of hydrogen-bond donors (Lipinski definition) is 0. The van der Waals surface area contributed by atoms with E-state index in [2.05, 4.69) is 31.9 Å². The van der Waals surface area contributed by atoms with Crippen molar-refractivity contribution in [2.45, 2.75) is 10.7 Å². The Morgan fingerprint density at radius 1 is 0.493 bits per heavy atom. The van der Waals surface area contributed by atoms with Crippen LogP contribution in [0.2, 0.25) is 0 Å². The van der Waals surface area contributed by atoms with Gasteiger partial charge in [-0.2, -0.15) is 0 Å². The lowest BCUT2D eigenvalue weighted by Crippen LogP contribution is -2.36. The summed E-state index contributed by atoms with van der Waals surface area (Å²) in [5.74, 6) is -0.297. The molecule has 0 radical (unpaired) electrons. The molecule has 374 valence electrons. The summed E-state index contributed by atoms with van der Waals surface area (Å²) in [4.78, 5) is 52.8. The van der Waals surface area contributed by atoms with Crippen molar-refractivity contribution in [3.63, 3.8) is 0 Å². The Morgan fingerprint density at radius 3 is 1.33 bits per heavy atom. The number of imide groups is 1. The molecule has 0 unspecified atom stereocenters. The molecule has 0 fully saturated rings. The second-order valence-corrected chi connectivity index (χ2v) is 16.1. The molecule has 0 saturated heterocycles. The van der Waals surface area contributed by atoms with Crippen molar-refractivity contribution in [3.8, 4) is 23.0 Å². The average Bonchev–Trinajstić information content (AvgIpc) is 3.61. The number of alkyl halides is 2. The first kappa shape index (κ1) is 53.5. The minimum Gasteiger partial charge on any atom is -0.491 e. The van der Waals surface area contributed by atoms with Crippen molar-refractivity contribution in [2.75, 3.05) is 139 Å². The monoisotopic (exact) mass is 1090 g/mol.